The molecule has 0 bridgehead atoms. The Bertz CT molecular complexity index is 926. The number of nitrogens with one attached hydrogen (secondary N) is 1. The second kappa shape index (κ2) is 8.65. The highest BCUT2D eigenvalue weighted by atomic mass is 32.2. The van der Waals surface area contributed by atoms with E-state index in [2.05, 4.69) is 12.2 Å². The van der Waals surface area contributed by atoms with Crippen LogP contribution in [0.4, 0.5) is 5.69 Å². The molecule has 1 amide bonds. The van der Waals surface area contributed by atoms with Gasteiger partial charge in [-0.15, -0.1) is 0 Å². The van der Waals surface area contributed by atoms with Gasteiger partial charge in [0.1, 0.15) is 5.75 Å². The maximum Gasteiger partial charge on any atom is 0.264 e. The number of sulfonamides is 1. The first-order valence-corrected chi connectivity index (χ1v) is 11.0. The maximum absolute atomic E-state index is 13.0. The number of ether oxygens (including phenoxy) is 1. The lowest BCUT2D eigenvalue weighted by Crippen LogP contribution is -2.35. The molecule has 150 valence electrons. The summed E-state index contributed by atoms with van der Waals surface area (Å²) in [6.07, 6.45) is 2.62. The Labute approximate surface area is 166 Å². The first-order valence-electron chi connectivity index (χ1n) is 9.54. The molecule has 1 N–H and O–H groups in total. The summed E-state index contributed by atoms with van der Waals surface area (Å²) in [4.78, 5) is 12.1. The number of fused-ring (bicyclic) bond motifs is 1. The lowest BCUT2D eigenvalue weighted by Gasteiger charge is -2.19. The van der Waals surface area contributed by atoms with Crippen molar-refractivity contribution in [3.63, 3.8) is 0 Å². The first kappa shape index (κ1) is 20.2. The van der Waals surface area contributed by atoms with E-state index in [0.29, 0.717) is 18.7 Å². The van der Waals surface area contributed by atoms with Crippen LogP contribution in [0.2, 0.25) is 0 Å². The summed E-state index contributed by atoms with van der Waals surface area (Å²) in [7, 11) is -3.62. The van der Waals surface area contributed by atoms with E-state index in [0.717, 1.165) is 24.1 Å². The van der Waals surface area contributed by atoms with E-state index in [1.54, 1.807) is 12.1 Å². The number of carbonyl (C=O) groups is 1. The molecule has 0 unspecified atom stereocenters. The summed E-state index contributed by atoms with van der Waals surface area (Å²) in [6.45, 7) is 4.36. The van der Waals surface area contributed by atoms with E-state index in [1.807, 2.05) is 31.2 Å². The molecule has 0 radical (unpaired) electrons. The summed E-state index contributed by atoms with van der Waals surface area (Å²) in [5, 5.41) is 2.87. The lowest BCUT2D eigenvalue weighted by molar-refractivity contribution is -0.123. The zero-order valence-corrected chi connectivity index (χ0v) is 17.0. The van der Waals surface area contributed by atoms with Gasteiger partial charge in [-0.05, 0) is 55.7 Å². The lowest BCUT2D eigenvalue weighted by atomic mass is 10.2. The molecule has 0 aliphatic carbocycles. The van der Waals surface area contributed by atoms with Gasteiger partial charge in [0, 0.05) is 12.6 Å². The van der Waals surface area contributed by atoms with Gasteiger partial charge in [-0.3, -0.25) is 9.10 Å². The highest BCUT2D eigenvalue weighted by Gasteiger charge is 2.30. The minimum Gasteiger partial charge on any atom is -0.484 e. The molecule has 0 fully saturated rings. The Morgan fingerprint density at radius 3 is 2.61 bits per heavy atom. The van der Waals surface area contributed by atoms with Crippen molar-refractivity contribution in [3.8, 4) is 5.75 Å². The normalized spacial score (nSPS) is 14.4. The van der Waals surface area contributed by atoms with E-state index >= 15 is 0 Å². The van der Waals surface area contributed by atoms with Gasteiger partial charge in [-0.2, -0.15) is 0 Å². The van der Waals surface area contributed by atoms with Crippen molar-refractivity contribution in [2.75, 3.05) is 17.5 Å². The summed E-state index contributed by atoms with van der Waals surface area (Å²) in [5.74, 6) is 0.269. The number of benzene rings is 2. The predicted molar refractivity (Wildman–Crippen MR) is 109 cm³/mol. The van der Waals surface area contributed by atoms with E-state index in [9.17, 15) is 13.2 Å². The van der Waals surface area contributed by atoms with Crippen LogP contribution >= 0.6 is 0 Å². The maximum atomic E-state index is 13.0. The molecule has 6 nitrogen and oxygen atoms in total. The Hall–Kier alpha value is -2.54. The number of nitrogens with zero attached hydrogens (tertiary/aromatic N) is 1. The summed E-state index contributed by atoms with van der Waals surface area (Å²) in [6, 6.07) is 13.8. The highest BCUT2D eigenvalue weighted by molar-refractivity contribution is 7.92. The predicted octanol–water partition coefficient (Wildman–Crippen LogP) is 3.12. The van der Waals surface area contributed by atoms with E-state index in [1.165, 1.54) is 16.4 Å². The van der Waals surface area contributed by atoms with E-state index in [-0.39, 0.29) is 23.5 Å². The number of para-hydroxylation sites is 1. The second-order valence-electron chi connectivity index (χ2n) is 6.97. The van der Waals surface area contributed by atoms with Gasteiger partial charge >= 0.3 is 0 Å². The molecule has 1 aliphatic rings. The molecular formula is C21H26N2O4S. The smallest absolute Gasteiger partial charge is 0.264 e. The molecule has 28 heavy (non-hydrogen) atoms. The van der Waals surface area contributed by atoms with Crippen LogP contribution in [-0.4, -0.2) is 33.5 Å². The molecule has 2 aromatic carbocycles. The fraction of sp³-hybridized carbons (Fsp3) is 0.381. The topological polar surface area (TPSA) is 75.7 Å². The van der Waals surface area contributed by atoms with Crippen LogP contribution in [-0.2, 0) is 21.2 Å². The van der Waals surface area contributed by atoms with Crippen molar-refractivity contribution in [1.82, 2.24) is 5.32 Å². The number of amides is 1. The molecule has 1 aliphatic heterocycles. The second-order valence-corrected chi connectivity index (χ2v) is 8.84. The van der Waals surface area contributed by atoms with Crippen LogP contribution < -0.4 is 14.4 Å². The Kier molecular flexibility index (Phi) is 6.24. The van der Waals surface area contributed by atoms with Gasteiger partial charge in [0.2, 0.25) is 0 Å². The van der Waals surface area contributed by atoms with Crippen LogP contribution in [0.1, 0.15) is 32.3 Å². The van der Waals surface area contributed by atoms with Gasteiger partial charge in [-0.25, -0.2) is 8.42 Å². The zero-order chi connectivity index (χ0) is 20.1. The minimum atomic E-state index is -3.62. The SMILES string of the molecule is CCC[C@@H](C)NC(=O)COc1ccc(S(=O)(=O)N2CCc3ccccc32)cc1. The van der Waals surface area contributed by atoms with Gasteiger partial charge in [0.15, 0.2) is 6.61 Å². The third-order valence-electron chi connectivity index (χ3n) is 4.76. The molecule has 0 spiro atoms. The fourth-order valence-electron chi connectivity index (χ4n) is 3.36. The molecule has 7 heteroatoms. The first-order chi connectivity index (χ1) is 13.4. The number of hydrogen-bond acceptors (Lipinski definition) is 4. The number of rotatable bonds is 8. The third kappa shape index (κ3) is 4.47. The quantitative estimate of drug-likeness (QED) is 0.736. The number of anilines is 1. The van der Waals surface area contributed by atoms with Crippen LogP contribution in [0.25, 0.3) is 0 Å². The van der Waals surface area contributed by atoms with Gasteiger partial charge in [0.05, 0.1) is 10.6 Å². The molecular weight excluding hydrogens is 376 g/mol. The fourth-order valence-corrected chi connectivity index (χ4v) is 4.87. The van der Waals surface area contributed by atoms with Crippen LogP contribution in [0, 0.1) is 0 Å². The average Bonchev–Trinajstić information content (AvgIpc) is 3.12. The molecule has 1 heterocycles. The number of carbonyl (C=O) groups excluding carboxylic acids is 1. The van der Waals surface area contributed by atoms with Crippen molar-refractivity contribution in [2.24, 2.45) is 0 Å². The standard InChI is InChI=1S/C21H26N2O4S/c1-3-6-16(2)22-21(24)15-27-18-9-11-19(12-10-18)28(25,26)23-14-13-17-7-4-5-8-20(17)23/h4-5,7-12,16H,3,6,13-15H2,1-2H3,(H,22,24)/t16-/m1/s1. The molecule has 0 saturated carbocycles. The summed E-state index contributed by atoms with van der Waals surface area (Å²) in [5.41, 5.74) is 1.77. The van der Waals surface area contributed by atoms with Crippen molar-refractivity contribution in [1.29, 1.82) is 0 Å². The van der Waals surface area contributed by atoms with Crippen molar-refractivity contribution in [3.05, 3.63) is 54.1 Å². The third-order valence-corrected chi connectivity index (χ3v) is 6.58. The van der Waals surface area contributed by atoms with Crippen molar-refractivity contribution >= 4 is 21.6 Å². The summed E-state index contributed by atoms with van der Waals surface area (Å²) >= 11 is 0. The van der Waals surface area contributed by atoms with E-state index in [4.69, 9.17) is 4.74 Å². The molecule has 0 aromatic heterocycles. The van der Waals surface area contributed by atoms with E-state index < -0.39 is 10.0 Å². The summed E-state index contributed by atoms with van der Waals surface area (Å²) < 4.78 is 32.9. The largest absolute Gasteiger partial charge is 0.484 e. The molecule has 3 rings (SSSR count). The average molecular weight is 403 g/mol. The Morgan fingerprint density at radius 2 is 1.89 bits per heavy atom. The molecule has 2 aromatic rings. The van der Waals surface area contributed by atoms with Gasteiger partial charge in [0.25, 0.3) is 15.9 Å². The minimum absolute atomic E-state index is 0.0976. The molecule has 1 atom stereocenters. The Morgan fingerprint density at radius 1 is 1.18 bits per heavy atom. The monoisotopic (exact) mass is 402 g/mol. The van der Waals surface area contributed by atoms with Crippen LogP contribution in [0.3, 0.4) is 0 Å². The zero-order valence-electron chi connectivity index (χ0n) is 16.2. The highest BCUT2D eigenvalue weighted by Crippen LogP contribution is 2.32. The number of hydrogen-bond donors (Lipinski definition) is 1. The van der Waals surface area contributed by atoms with Gasteiger partial charge in [-0.1, -0.05) is 31.5 Å². The van der Waals surface area contributed by atoms with Crippen LogP contribution in [0.5, 0.6) is 5.75 Å². The van der Waals surface area contributed by atoms with Crippen LogP contribution in [0.15, 0.2) is 53.4 Å². The Balaban J connectivity index is 1.64. The van der Waals surface area contributed by atoms with Gasteiger partial charge < -0.3 is 10.1 Å². The van der Waals surface area contributed by atoms with Crippen molar-refractivity contribution in [2.45, 2.75) is 44.0 Å². The van der Waals surface area contributed by atoms with Crippen molar-refractivity contribution < 1.29 is 17.9 Å². The molecule has 0 saturated heterocycles.